The Morgan fingerprint density at radius 1 is 1.60 bits per heavy atom. The van der Waals surface area contributed by atoms with Gasteiger partial charge in [-0.15, -0.1) is 11.3 Å². The highest BCUT2D eigenvalue weighted by Crippen LogP contribution is 2.29. The fourth-order valence-corrected chi connectivity index (χ4v) is 3.63. The van der Waals surface area contributed by atoms with Crippen molar-refractivity contribution in [2.24, 2.45) is 0 Å². The number of aliphatic hydroxyl groups excluding tert-OH is 1. The van der Waals surface area contributed by atoms with Crippen molar-refractivity contribution >= 4 is 34.4 Å². The summed E-state index contributed by atoms with van der Waals surface area (Å²) >= 11 is 3.37. The summed E-state index contributed by atoms with van der Waals surface area (Å²) in [5, 5.41) is 10.4. The molecule has 1 aliphatic rings. The summed E-state index contributed by atoms with van der Waals surface area (Å²) < 4.78 is 0. The largest absolute Gasteiger partial charge is 0.394 e. The van der Waals surface area contributed by atoms with Gasteiger partial charge in [-0.2, -0.15) is 11.8 Å². The highest BCUT2D eigenvalue weighted by Gasteiger charge is 2.23. The number of carbonyl (C=O) groups excluding carboxylic acids is 1. The van der Waals surface area contributed by atoms with E-state index in [1.165, 1.54) is 11.3 Å². The average molecular weight is 243 g/mol. The maximum atomic E-state index is 10.6. The van der Waals surface area contributed by atoms with Gasteiger partial charge in [0.15, 0.2) is 6.29 Å². The predicted octanol–water partition coefficient (Wildman–Crippen LogP) is 1.47. The molecule has 2 heterocycles. The first-order valence-corrected chi connectivity index (χ1v) is 6.82. The van der Waals surface area contributed by atoms with Gasteiger partial charge in [0.25, 0.3) is 0 Å². The summed E-state index contributed by atoms with van der Waals surface area (Å²) in [6.45, 7) is 1.13. The number of thiophene rings is 1. The summed E-state index contributed by atoms with van der Waals surface area (Å²) in [4.78, 5) is 13.5. The van der Waals surface area contributed by atoms with E-state index in [0.29, 0.717) is 0 Å². The number of nitrogens with zero attached hydrogens (tertiary/aromatic N) is 1. The van der Waals surface area contributed by atoms with E-state index in [4.69, 9.17) is 0 Å². The van der Waals surface area contributed by atoms with Crippen LogP contribution in [0.3, 0.4) is 0 Å². The van der Waals surface area contributed by atoms with Crippen molar-refractivity contribution in [2.45, 2.75) is 6.04 Å². The highest BCUT2D eigenvalue weighted by molar-refractivity contribution is 7.99. The highest BCUT2D eigenvalue weighted by atomic mass is 32.2. The quantitative estimate of drug-likeness (QED) is 0.816. The zero-order valence-electron chi connectivity index (χ0n) is 8.26. The molecule has 1 atom stereocenters. The van der Waals surface area contributed by atoms with Crippen LogP contribution in [0.15, 0.2) is 12.1 Å². The molecule has 5 heteroatoms. The standard InChI is InChI=1S/C10H13NO2S2/c12-5-8-7-14-4-3-11(8)10-2-1-9(6-13)15-10/h1-2,6,8,12H,3-5,7H2. The third kappa shape index (κ3) is 2.35. The maximum Gasteiger partial charge on any atom is 0.160 e. The Hall–Kier alpha value is -0.520. The Kier molecular flexibility index (Phi) is 3.66. The lowest BCUT2D eigenvalue weighted by Crippen LogP contribution is -2.44. The van der Waals surface area contributed by atoms with Crippen LogP contribution >= 0.6 is 23.1 Å². The molecule has 1 aromatic rings. The molecule has 2 rings (SSSR count). The van der Waals surface area contributed by atoms with E-state index in [0.717, 1.165) is 34.2 Å². The number of anilines is 1. The van der Waals surface area contributed by atoms with Crippen molar-refractivity contribution in [2.75, 3.05) is 29.6 Å². The first kappa shape index (κ1) is 11.0. The molecule has 0 aromatic carbocycles. The minimum absolute atomic E-state index is 0.182. The van der Waals surface area contributed by atoms with Crippen LogP contribution in [0, 0.1) is 0 Å². The zero-order chi connectivity index (χ0) is 10.7. The second kappa shape index (κ2) is 5.01. The van der Waals surface area contributed by atoms with E-state index < -0.39 is 0 Å². The summed E-state index contributed by atoms with van der Waals surface area (Å²) in [6, 6.07) is 4.00. The van der Waals surface area contributed by atoms with Gasteiger partial charge in [0.2, 0.25) is 0 Å². The number of aldehydes is 1. The Balaban J connectivity index is 2.16. The van der Waals surface area contributed by atoms with Crippen molar-refractivity contribution < 1.29 is 9.90 Å². The molecule has 3 nitrogen and oxygen atoms in total. The van der Waals surface area contributed by atoms with Gasteiger partial charge in [-0.05, 0) is 12.1 Å². The molecular formula is C10H13NO2S2. The Labute approximate surface area is 97.1 Å². The van der Waals surface area contributed by atoms with E-state index in [-0.39, 0.29) is 12.6 Å². The van der Waals surface area contributed by atoms with Crippen LogP contribution in [0.25, 0.3) is 0 Å². The van der Waals surface area contributed by atoms with Gasteiger partial charge < -0.3 is 10.0 Å². The first-order valence-electron chi connectivity index (χ1n) is 4.85. The molecule has 0 saturated carbocycles. The molecule has 0 radical (unpaired) electrons. The van der Waals surface area contributed by atoms with Gasteiger partial charge in [-0.1, -0.05) is 0 Å². The van der Waals surface area contributed by atoms with Crippen molar-refractivity contribution in [1.82, 2.24) is 0 Å². The minimum atomic E-state index is 0.182. The summed E-state index contributed by atoms with van der Waals surface area (Å²) in [5.41, 5.74) is 0. The summed E-state index contributed by atoms with van der Waals surface area (Å²) in [5.74, 6) is 2.05. The SMILES string of the molecule is O=Cc1ccc(N2CCSCC2CO)s1. The van der Waals surface area contributed by atoms with Gasteiger partial charge in [-0.25, -0.2) is 0 Å². The first-order chi connectivity index (χ1) is 7.35. The Bertz CT molecular complexity index is 340. The van der Waals surface area contributed by atoms with E-state index in [2.05, 4.69) is 4.90 Å². The van der Waals surface area contributed by atoms with E-state index >= 15 is 0 Å². The molecule has 1 saturated heterocycles. The normalized spacial score (nSPS) is 21.7. The number of hydrogen-bond donors (Lipinski definition) is 1. The minimum Gasteiger partial charge on any atom is -0.394 e. The smallest absolute Gasteiger partial charge is 0.160 e. The molecule has 1 fully saturated rings. The molecule has 15 heavy (non-hydrogen) atoms. The predicted molar refractivity (Wildman–Crippen MR) is 65.3 cm³/mol. The number of hydrogen-bond acceptors (Lipinski definition) is 5. The third-order valence-electron chi connectivity index (χ3n) is 2.45. The van der Waals surface area contributed by atoms with Crippen molar-refractivity contribution in [1.29, 1.82) is 0 Å². The molecule has 0 amide bonds. The van der Waals surface area contributed by atoms with Crippen LogP contribution in [-0.4, -0.2) is 42.1 Å². The van der Waals surface area contributed by atoms with Gasteiger partial charge >= 0.3 is 0 Å². The van der Waals surface area contributed by atoms with Crippen molar-refractivity contribution in [3.63, 3.8) is 0 Å². The lowest BCUT2D eigenvalue weighted by molar-refractivity contribution is 0.112. The van der Waals surface area contributed by atoms with Crippen molar-refractivity contribution in [3.05, 3.63) is 17.0 Å². The van der Waals surface area contributed by atoms with Crippen LogP contribution in [-0.2, 0) is 0 Å². The molecule has 1 N–H and O–H groups in total. The summed E-state index contributed by atoms with van der Waals surface area (Å²) in [7, 11) is 0. The topological polar surface area (TPSA) is 40.5 Å². The van der Waals surface area contributed by atoms with Gasteiger partial charge in [0.05, 0.1) is 22.5 Å². The second-order valence-corrected chi connectivity index (χ2v) is 5.64. The second-order valence-electron chi connectivity index (χ2n) is 3.40. The molecule has 1 aromatic heterocycles. The van der Waals surface area contributed by atoms with Gasteiger partial charge in [0, 0.05) is 18.1 Å². The molecule has 82 valence electrons. The maximum absolute atomic E-state index is 10.6. The molecule has 1 aliphatic heterocycles. The number of carbonyl (C=O) groups is 1. The van der Waals surface area contributed by atoms with Crippen molar-refractivity contribution in [3.8, 4) is 0 Å². The zero-order valence-corrected chi connectivity index (χ0v) is 9.89. The molecule has 0 spiro atoms. The van der Waals surface area contributed by atoms with E-state index in [9.17, 15) is 9.90 Å². The lowest BCUT2D eigenvalue weighted by Gasteiger charge is -2.34. The fourth-order valence-electron chi connectivity index (χ4n) is 1.66. The van der Waals surface area contributed by atoms with Crippen LogP contribution in [0.1, 0.15) is 9.67 Å². The van der Waals surface area contributed by atoms with Crippen LogP contribution in [0.5, 0.6) is 0 Å². The summed E-state index contributed by atoms with van der Waals surface area (Å²) in [6.07, 6.45) is 0.876. The molecular weight excluding hydrogens is 230 g/mol. The van der Waals surface area contributed by atoms with Gasteiger partial charge in [-0.3, -0.25) is 4.79 Å². The van der Waals surface area contributed by atoms with E-state index in [1.807, 2.05) is 23.9 Å². The number of thioether (sulfide) groups is 1. The number of aliphatic hydroxyl groups is 1. The molecule has 1 unspecified atom stereocenters. The average Bonchev–Trinajstić information content (AvgIpc) is 2.77. The van der Waals surface area contributed by atoms with Crippen LogP contribution in [0.2, 0.25) is 0 Å². The van der Waals surface area contributed by atoms with Crippen LogP contribution < -0.4 is 4.90 Å². The monoisotopic (exact) mass is 243 g/mol. The Morgan fingerprint density at radius 2 is 2.47 bits per heavy atom. The van der Waals surface area contributed by atoms with Gasteiger partial charge in [0.1, 0.15) is 0 Å². The molecule has 0 bridgehead atoms. The lowest BCUT2D eigenvalue weighted by atomic mass is 10.3. The molecule has 0 aliphatic carbocycles. The number of rotatable bonds is 3. The third-order valence-corrected chi connectivity index (χ3v) is 4.59. The fraction of sp³-hybridized carbons (Fsp3) is 0.500. The Morgan fingerprint density at radius 3 is 3.13 bits per heavy atom. The van der Waals surface area contributed by atoms with E-state index in [1.54, 1.807) is 0 Å². The van der Waals surface area contributed by atoms with Crippen LogP contribution in [0.4, 0.5) is 5.00 Å².